The molecule has 1 aliphatic heterocycles. The number of fused-ring (bicyclic) bond motifs is 5. The van der Waals surface area contributed by atoms with E-state index in [9.17, 15) is 9.59 Å². The summed E-state index contributed by atoms with van der Waals surface area (Å²) in [7, 11) is 0.272. The van der Waals surface area contributed by atoms with Crippen LogP contribution in [0.25, 0.3) is 22.5 Å². The number of anilines is 1. The first-order chi connectivity index (χ1) is 27.2. The van der Waals surface area contributed by atoms with E-state index in [1.165, 1.54) is 63.8 Å². The van der Waals surface area contributed by atoms with Crippen LogP contribution in [-0.4, -0.2) is 94.9 Å². The maximum atomic E-state index is 13.4. The summed E-state index contributed by atoms with van der Waals surface area (Å²) in [4.78, 5) is 27.5. The summed E-state index contributed by atoms with van der Waals surface area (Å²) in [6, 6.07) is 16.9. The van der Waals surface area contributed by atoms with Crippen LogP contribution in [0.4, 0.5) is 5.69 Å². The number of carbonyl (C=O) groups excluding carboxylic acids is 2. The fourth-order valence-electron chi connectivity index (χ4n) is 6.85. The van der Waals surface area contributed by atoms with Gasteiger partial charge in [-0.3, -0.25) is 9.59 Å². The van der Waals surface area contributed by atoms with Gasteiger partial charge in [-0.25, -0.2) is 0 Å². The van der Waals surface area contributed by atoms with Gasteiger partial charge in [0.25, 0.3) is 0 Å². The summed E-state index contributed by atoms with van der Waals surface area (Å²) < 4.78 is 27.1. The Morgan fingerprint density at radius 1 is 0.732 bits per heavy atom. The van der Waals surface area contributed by atoms with E-state index in [0.29, 0.717) is 64.4 Å². The van der Waals surface area contributed by atoms with Crippen molar-refractivity contribution in [3.8, 4) is 22.5 Å². The van der Waals surface area contributed by atoms with Crippen molar-refractivity contribution < 1.29 is 33.0 Å². The highest BCUT2D eigenvalue weighted by atomic mass is 28.4. The third kappa shape index (κ3) is 17.9. The predicted molar refractivity (Wildman–Crippen MR) is 227 cm³/mol. The Morgan fingerprint density at radius 2 is 1.30 bits per heavy atom. The molecule has 0 aliphatic carbocycles. The molecule has 11 nitrogen and oxygen atoms in total. The lowest BCUT2D eigenvalue weighted by Crippen LogP contribution is -2.33. The van der Waals surface area contributed by atoms with E-state index in [4.69, 9.17) is 23.4 Å². The maximum absolute atomic E-state index is 13.4. The summed E-state index contributed by atoms with van der Waals surface area (Å²) >= 11 is 0. The third-order valence-corrected chi connectivity index (χ3v) is 12.3. The molecule has 56 heavy (non-hydrogen) atoms. The van der Waals surface area contributed by atoms with Gasteiger partial charge in [0, 0.05) is 37.2 Å². The number of amides is 1. The fraction of sp³-hybridized carbons (Fsp3) is 0.636. The number of ketones is 1. The van der Waals surface area contributed by atoms with E-state index in [1.54, 1.807) is 12.0 Å². The Labute approximate surface area is 337 Å². The van der Waals surface area contributed by atoms with Gasteiger partial charge in [-0.15, -0.1) is 0 Å². The Balaban J connectivity index is 0.000000395. The molecule has 312 valence electrons. The number of methoxy groups -OCH3 is 1. The second kappa shape index (κ2) is 27.4. The number of H-pyrrole nitrogens is 1. The van der Waals surface area contributed by atoms with Crippen LogP contribution in [0.3, 0.4) is 0 Å². The smallest absolute Gasteiger partial charge is 0.227 e. The number of aromatic nitrogens is 3. The average Bonchev–Trinajstić information content (AvgIpc) is 3.65. The molecule has 12 heteroatoms. The molecule has 1 aliphatic rings. The molecule has 0 bridgehead atoms. The first-order valence-electron chi connectivity index (χ1n) is 21.0. The summed E-state index contributed by atoms with van der Waals surface area (Å²) in [6.45, 7) is 14.5. The van der Waals surface area contributed by atoms with Crippen molar-refractivity contribution in [3.05, 3.63) is 54.1 Å². The summed E-state index contributed by atoms with van der Waals surface area (Å²) in [5.41, 5.74) is 5.03. The standard InChI is InChI=1S/C28H34N4O6.C16H36OSi/c1-35-13-14-36-15-16-37-17-18-38-20-22(33)8-6-12-26(34)32-19-21-7-2-3-9-23(21)27-28(30-31-29-27)24-10-4-5-11-25(24)32;1-6-7-8-9-10-11-12-13-14-15-18(4,5)17-16(2)3/h2-5,7,9-11H,6,8,12-20H2,1H3,(H,29,30,31);16H,6-15H2,1-5H3. The second-order valence-electron chi connectivity index (χ2n) is 15.3. The molecule has 0 atom stereocenters. The van der Waals surface area contributed by atoms with E-state index >= 15 is 0 Å². The van der Waals surface area contributed by atoms with Gasteiger partial charge in [0.1, 0.15) is 18.0 Å². The Kier molecular flexibility index (Phi) is 23.0. The molecule has 1 amide bonds. The Morgan fingerprint density at radius 3 is 1.96 bits per heavy atom. The molecule has 0 fully saturated rings. The quantitative estimate of drug-likeness (QED) is 0.0593. The molecule has 4 rings (SSSR count). The zero-order valence-electron chi connectivity index (χ0n) is 35.2. The molecule has 0 unspecified atom stereocenters. The summed E-state index contributed by atoms with van der Waals surface area (Å²) in [5, 5.41) is 11.5. The molecule has 2 aromatic carbocycles. The largest absolute Gasteiger partial charge is 0.415 e. The van der Waals surface area contributed by atoms with Crippen LogP contribution in [0, 0.1) is 0 Å². The molecule has 0 spiro atoms. The van der Waals surface area contributed by atoms with Crippen LogP contribution in [0.15, 0.2) is 48.5 Å². The molecule has 2 heterocycles. The Bertz CT molecular complexity index is 1530. The first-order valence-corrected chi connectivity index (χ1v) is 24.1. The van der Waals surface area contributed by atoms with Gasteiger partial charge in [0.2, 0.25) is 5.91 Å². The van der Waals surface area contributed by atoms with Crippen LogP contribution in [0.2, 0.25) is 19.1 Å². The number of nitrogens with zero attached hydrogens (tertiary/aromatic N) is 3. The molecule has 3 aromatic rings. The van der Waals surface area contributed by atoms with Crippen LogP contribution >= 0.6 is 0 Å². The van der Waals surface area contributed by atoms with E-state index < -0.39 is 8.32 Å². The molecular weight excluding hydrogens is 725 g/mol. The number of carbonyl (C=O) groups is 2. The van der Waals surface area contributed by atoms with Crippen molar-refractivity contribution in [1.29, 1.82) is 0 Å². The van der Waals surface area contributed by atoms with Crippen molar-refractivity contribution in [2.75, 3.05) is 58.3 Å². The summed E-state index contributed by atoms with van der Waals surface area (Å²) in [5.74, 6) is -0.0830. The fourth-order valence-corrected chi connectivity index (χ4v) is 9.35. The molecular formula is C44H70N4O7Si. The van der Waals surface area contributed by atoms with Crippen molar-refractivity contribution in [3.63, 3.8) is 0 Å². The zero-order valence-corrected chi connectivity index (χ0v) is 36.2. The van der Waals surface area contributed by atoms with Crippen LogP contribution in [-0.2, 0) is 39.5 Å². The minimum absolute atomic E-state index is 0.0107. The summed E-state index contributed by atoms with van der Waals surface area (Å²) in [6.07, 6.45) is 14.2. The number of aromatic amines is 1. The van der Waals surface area contributed by atoms with Gasteiger partial charge in [0.15, 0.2) is 14.1 Å². The minimum Gasteiger partial charge on any atom is -0.415 e. The van der Waals surface area contributed by atoms with Crippen molar-refractivity contribution in [1.82, 2.24) is 15.4 Å². The topological polar surface area (TPSA) is 125 Å². The number of Topliss-reactive ketones (excluding diaryl/α,β-unsaturated/α-hetero) is 1. The van der Waals surface area contributed by atoms with E-state index in [1.807, 2.05) is 48.5 Å². The molecule has 0 radical (unpaired) electrons. The highest BCUT2D eigenvalue weighted by Crippen LogP contribution is 2.40. The van der Waals surface area contributed by atoms with E-state index in [2.05, 4.69) is 49.3 Å². The van der Waals surface area contributed by atoms with Crippen LogP contribution < -0.4 is 4.90 Å². The van der Waals surface area contributed by atoms with Crippen LogP contribution in [0.5, 0.6) is 0 Å². The van der Waals surface area contributed by atoms with E-state index in [-0.39, 0.29) is 31.1 Å². The van der Waals surface area contributed by atoms with Gasteiger partial charge in [-0.2, -0.15) is 15.4 Å². The minimum atomic E-state index is -1.35. The number of hydrogen-bond acceptors (Lipinski definition) is 9. The van der Waals surface area contributed by atoms with Gasteiger partial charge in [0.05, 0.1) is 51.9 Å². The van der Waals surface area contributed by atoms with Gasteiger partial charge in [-0.05, 0) is 51.0 Å². The van der Waals surface area contributed by atoms with Gasteiger partial charge < -0.3 is 28.3 Å². The molecule has 1 aromatic heterocycles. The van der Waals surface area contributed by atoms with Crippen molar-refractivity contribution >= 4 is 25.7 Å². The lowest BCUT2D eigenvalue weighted by atomic mass is 9.95. The maximum Gasteiger partial charge on any atom is 0.227 e. The predicted octanol–water partition coefficient (Wildman–Crippen LogP) is 9.57. The van der Waals surface area contributed by atoms with E-state index in [0.717, 1.165) is 28.1 Å². The number of rotatable bonds is 27. The van der Waals surface area contributed by atoms with Gasteiger partial charge >= 0.3 is 0 Å². The van der Waals surface area contributed by atoms with Crippen molar-refractivity contribution in [2.24, 2.45) is 0 Å². The molecule has 0 saturated carbocycles. The number of ether oxygens (including phenoxy) is 4. The number of para-hydroxylation sites is 1. The lowest BCUT2D eigenvalue weighted by molar-refractivity contribution is -0.124. The van der Waals surface area contributed by atoms with Gasteiger partial charge in [-0.1, -0.05) is 107 Å². The molecule has 1 N–H and O–H groups in total. The third-order valence-electron chi connectivity index (χ3n) is 9.62. The lowest BCUT2D eigenvalue weighted by Gasteiger charge is -2.28. The molecule has 0 saturated heterocycles. The first kappa shape index (κ1) is 47.1. The monoisotopic (exact) mass is 795 g/mol. The Hall–Kier alpha value is -3.26. The number of unbranched alkanes of at least 4 members (excludes halogenated alkanes) is 8. The highest BCUT2D eigenvalue weighted by molar-refractivity contribution is 6.71. The average molecular weight is 795 g/mol. The van der Waals surface area contributed by atoms with Crippen molar-refractivity contribution in [2.45, 2.75) is 130 Å². The zero-order chi connectivity index (χ0) is 40.4. The normalized spacial score (nSPS) is 12.3. The number of hydrogen-bond donors (Lipinski definition) is 1. The SMILES string of the molecule is CCCCCCCCCCC[Si](C)(C)OC(C)C.COCCOCCOCCOCC(=O)CCCC(=O)N1Cc2ccccc2-c2n[nH]nc2-c2ccccc21. The number of benzene rings is 2. The van der Waals surface area contributed by atoms with Crippen LogP contribution in [0.1, 0.15) is 103 Å². The second-order valence-corrected chi connectivity index (χ2v) is 19.6. The number of nitrogens with one attached hydrogen (secondary N) is 1. The highest BCUT2D eigenvalue weighted by Gasteiger charge is 2.27.